The molecule has 0 aromatic carbocycles. The Morgan fingerprint density at radius 3 is 1.08 bits per heavy atom. The van der Waals surface area contributed by atoms with Crippen molar-refractivity contribution in [2.45, 2.75) is 143 Å². The van der Waals surface area contributed by atoms with E-state index >= 15 is 0 Å². The molecular formula is C48H72N2O2. The molecule has 52 heavy (non-hydrogen) atoms. The van der Waals surface area contributed by atoms with Gasteiger partial charge in [0, 0.05) is 38.0 Å². The van der Waals surface area contributed by atoms with Gasteiger partial charge in [0.25, 0.3) is 0 Å². The van der Waals surface area contributed by atoms with E-state index in [9.17, 15) is 9.59 Å². The molecule has 1 aliphatic rings. The molecule has 4 heteroatoms. The van der Waals surface area contributed by atoms with Crippen molar-refractivity contribution < 1.29 is 9.59 Å². The van der Waals surface area contributed by atoms with Gasteiger partial charge < -0.3 is 9.80 Å². The average molecular weight is 709 g/mol. The Balaban J connectivity index is 2.16. The van der Waals surface area contributed by atoms with Crippen molar-refractivity contribution in [2.75, 3.05) is 13.1 Å². The second-order valence-corrected chi connectivity index (χ2v) is 13.4. The van der Waals surface area contributed by atoms with Crippen LogP contribution in [-0.2, 0) is 9.59 Å². The van der Waals surface area contributed by atoms with Crippen molar-refractivity contribution in [3.8, 4) is 0 Å². The molecule has 2 amide bonds. The SMILES string of the molecule is CC/C=C\CC=CCC=CC/C=C\C/C=C\CCCC(=O)N1[C@H](C)CN(C(=O)CC/C=C\C/C=C\C/C=C\C/C=C\C/C=C\C/C=C\CC)C[C@@H]1C. The maximum Gasteiger partial charge on any atom is 0.223 e. The molecule has 0 bridgehead atoms. The molecule has 0 spiro atoms. The van der Waals surface area contributed by atoms with Gasteiger partial charge >= 0.3 is 0 Å². The Labute approximate surface area is 319 Å². The zero-order valence-electron chi connectivity index (χ0n) is 33.3. The number of carbonyl (C=O) groups is 2. The van der Waals surface area contributed by atoms with E-state index in [0.29, 0.717) is 25.9 Å². The fourth-order valence-corrected chi connectivity index (χ4v) is 5.89. The molecule has 1 saturated heterocycles. The first-order chi connectivity index (χ1) is 25.5. The first kappa shape index (κ1) is 46.1. The second-order valence-electron chi connectivity index (χ2n) is 13.4. The molecule has 0 aliphatic carbocycles. The molecule has 0 N–H and O–H groups in total. The van der Waals surface area contributed by atoms with Crippen LogP contribution in [0.2, 0.25) is 0 Å². The van der Waals surface area contributed by atoms with Crippen molar-refractivity contribution >= 4 is 11.8 Å². The minimum absolute atomic E-state index is 0.0415. The maximum absolute atomic E-state index is 13.1. The fourth-order valence-electron chi connectivity index (χ4n) is 5.89. The zero-order valence-corrected chi connectivity index (χ0v) is 33.3. The van der Waals surface area contributed by atoms with Gasteiger partial charge in [-0.2, -0.15) is 0 Å². The Bertz CT molecular complexity index is 1240. The van der Waals surface area contributed by atoms with Gasteiger partial charge in [0.15, 0.2) is 0 Å². The van der Waals surface area contributed by atoms with Crippen LogP contribution in [0.15, 0.2) is 134 Å². The summed E-state index contributed by atoms with van der Waals surface area (Å²) in [5.74, 6) is 0.390. The largest absolute Gasteiger partial charge is 0.339 e. The number of unbranched alkanes of at least 4 members (excludes halogenated alkanes) is 1. The van der Waals surface area contributed by atoms with Crippen LogP contribution in [0.25, 0.3) is 0 Å². The van der Waals surface area contributed by atoms with Crippen LogP contribution in [0, 0.1) is 0 Å². The van der Waals surface area contributed by atoms with Crippen LogP contribution in [0.5, 0.6) is 0 Å². The molecule has 2 atom stereocenters. The summed E-state index contributed by atoms with van der Waals surface area (Å²) >= 11 is 0. The summed E-state index contributed by atoms with van der Waals surface area (Å²) in [5, 5.41) is 0. The normalized spacial score (nSPS) is 17.9. The highest BCUT2D eigenvalue weighted by molar-refractivity contribution is 5.79. The summed E-state index contributed by atoms with van der Waals surface area (Å²) in [6.45, 7) is 9.69. The zero-order chi connectivity index (χ0) is 37.7. The minimum Gasteiger partial charge on any atom is -0.339 e. The summed E-state index contributed by atoms with van der Waals surface area (Å²) in [4.78, 5) is 30.0. The van der Waals surface area contributed by atoms with Crippen LogP contribution in [0.4, 0.5) is 0 Å². The Kier molecular flexibility index (Phi) is 30.3. The quantitative estimate of drug-likeness (QED) is 0.0629. The van der Waals surface area contributed by atoms with E-state index in [-0.39, 0.29) is 23.9 Å². The Hall–Kier alpha value is -3.92. The number of rotatable bonds is 27. The van der Waals surface area contributed by atoms with Crippen molar-refractivity contribution in [1.29, 1.82) is 0 Å². The van der Waals surface area contributed by atoms with Crippen LogP contribution in [-0.4, -0.2) is 46.8 Å². The Morgan fingerprint density at radius 2 is 0.731 bits per heavy atom. The highest BCUT2D eigenvalue weighted by atomic mass is 16.2. The van der Waals surface area contributed by atoms with E-state index in [1.54, 1.807) is 0 Å². The summed E-state index contributed by atoms with van der Waals surface area (Å²) in [6, 6.07) is 0.0829. The summed E-state index contributed by atoms with van der Waals surface area (Å²) in [6.07, 6.45) is 62.9. The first-order valence-electron chi connectivity index (χ1n) is 20.2. The third-order valence-electron chi connectivity index (χ3n) is 8.60. The molecule has 4 nitrogen and oxygen atoms in total. The molecule has 286 valence electrons. The Morgan fingerprint density at radius 1 is 0.423 bits per heavy atom. The molecule has 0 unspecified atom stereocenters. The number of hydrogen-bond donors (Lipinski definition) is 0. The standard InChI is InChI=1S/C48H72N2O2/c1-5-7-9-11-13-15-17-19-21-23-24-26-27-29-31-33-35-37-39-41-47(51)49-43-45(3)50(46(4)44-49)48(52)42-40-38-36-34-32-30-28-25-22-20-18-16-14-12-10-8-6-2/h7-10,13-16,19-22,24,26,28-31,34-37,45-46H,5-6,11-12,17-18,23,25,27,32-33,38-44H2,1-4H3/b9-7-,10-8-,15-13-,16-14?,21-19-,22-20?,26-24-,30-28-,31-29-,36-34-,37-35-/t45-,46+. The van der Waals surface area contributed by atoms with E-state index in [1.165, 1.54) is 0 Å². The van der Waals surface area contributed by atoms with Crippen molar-refractivity contribution in [2.24, 2.45) is 0 Å². The van der Waals surface area contributed by atoms with Crippen LogP contribution in [0.1, 0.15) is 130 Å². The van der Waals surface area contributed by atoms with Gasteiger partial charge in [-0.25, -0.2) is 0 Å². The predicted octanol–water partition coefficient (Wildman–Crippen LogP) is 12.8. The lowest BCUT2D eigenvalue weighted by atomic mass is 10.1. The number of hydrogen-bond acceptors (Lipinski definition) is 2. The van der Waals surface area contributed by atoms with E-state index in [0.717, 1.165) is 89.9 Å². The van der Waals surface area contributed by atoms with Gasteiger partial charge in [-0.05, 0) is 104 Å². The number of amides is 2. The molecule has 1 fully saturated rings. The predicted molar refractivity (Wildman–Crippen MR) is 228 cm³/mol. The number of carbonyl (C=O) groups excluding carboxylic acids is 2. The highest BCUT2D eigenvalue weighted by Crippen LogP contribution is 2.19. The van der Waals surface area contributed by atoms with Crippen molar-refractivity contribution in [3.05, 3.63) is 134 Å². The molecule has 0 saturated carbocycles. The molecular weight excluding hydrogens is 637 g/mol. The number of nitrogens with zero attached hydrogens (tertiary/aromatic N) is 2. The first-order valence-corrected chi connectivity index (χ1v) is 20.2. The van der Waals surface area contributed by atoms with Crippen molar-refractivity contribution in [1.82, 2.24) is 9.80 Å². The highest BCUT2D eigenvalue weighted by Gasteiger charge is 2.33. The third kappa shape index (κ3) is 25.9. The van der Waals surface area contributed by atoms with E-state index in [2.05, 4.69) is 161 Å². The van der Waals surface area contributed by atoms with Crippen LogP contribution in [0.3, 0.4) is 0 Å². The number of piperazine rings is 1. The second kappa shape index (κ2) is 34.2. The number of allylic oxidation sites excluding steroid dienone is 22. The lowest BCUT2D eigenvalue weighted by Crippen LogP contribution is -2.59. The van der Waals surface area contributed by atoms with Gasteiger partial charge in [0.05, 0.1) is 0 Å². The van der Waals surface area contributed by atoms with Crippen LogP contribution < -0.4 is 0 Å². The van der Waals surface area contributed by atoms with Gasteiger partial charge in [-0.15, -0.1) is 0 Å². The van der Waals surface area contributed by atoms with E-state index in [4.69, 9.17) is 0 Å². The maximum atomic E-state index is 13.1. The summed E-state index contributed by atoms with van der Waals surface area (Å²) < 4.78 is 0. The summed E-state index contributed by atoms with van der Waals surface area (Å²) in [5.41, 5.74) is 0. The monoisotopic (exact) mass is 709 g/mol. The van der Waals surface area contributed by atoms with Gasteiger partial charge in [0.2, 0.25) is 11.8 Å². The lowest BCUT2D eigenvalue weighted by Gasteiger charge is -2.44. The van der Waals surface area contributed by atoms with Crippen molar-refractivity contribution in [3.63, 3.8) is 0 Å². The smallest absolute Gasteiger partial charge is 0.223 e. The topological polar surface area (TPSA) is 40.6 Å². The molecule has 0 aromatic rings. The summed E-state index contributed by atoms with van der Waals surface area (Å²) in [7, 11) is 0. The van der Waals surface area contributed by atoms with E-state index < -0.39 is 0 Å². The average Bonchev–Trinajstić information content (AvgIpc) is 3.13. The fraction of sp³-hybridized carbons (Fsp3) is 0.500. The molecule has 1 heterocycles. The molecule has 1 rings (SSSR count). The van der Waals surface area contributed by atoms with Gasteiger partial charge in [-0.3, -0.25) is 9.59 Å². The third-order valence-corrected chi connectivity index (χ3v) is 8.60. The van der Waals surface area contributed by atoms with E-state index in [1.807, 2.05) is 9.80 Å². The van der Waals surface area contributed by atoms with Gasteiger partial charge in [-0.1, -0.05) is 148 Å². The molecule has 0 aromatic heterocycles. The van der Waals surface area contributed by atoms with Gasteiger partial charge in [0.1, 0.15) is 0 Å². The van der Waals surface area contributed by atoms with Crippen LogP contribution >= 0.6 is 0 Å². The minimum atomic E-state index is 0.0415. The lowest BCUT2D eigenvalue weighted by molar-refractivity contribution is -0.146. The molecule has 1 aliphatic heterocycles. The molecule has 0 radical (unpaired) electrons.